The number of aryl methyl sites for hydroxylation is 2. The molecule has 6 heteroatoms. The number of rotatable bonds is 5. The minimum Gasteiger partial charge on any atom is -0.505 e. The maximum Gasteiger partial charge on any atom is 0.264 e. The smallest absolute Gasteiger partial charge is 0.264 e. The molecule has 2 heterocycles. The van der Waals surface area contributed by atoms with E-state index in [1.165, 1.54) is 17.9 Å². The summed E-state index contributed by atoms with van der Waals surface area (Å²) in [6, 6.07) is 8.68. The third kappa shape index (κ3) is 2.91. The average Bonchev–Trinajstić information content (AvgIpc) is 2.90. The molecule has 0 bridgehead atoms. The van der Waals surface area contributed by atoms with Crippen LogP contribution in [0.1, 0.15) is 23.0 Å². The number of methoxy groups -OCH3 is 1. The summed E-state index contributed by atoms with van der Waals surface area (Å²) >= 11 is 0. The molecule has 3 aromatic rings. The van der Waals surface area contributed by atoms with E-state index in [1.54, 1.807) is 35.9 Å². The average molecular weight is 340 g/mol. The lowest BCUT2D eigenvalue weighted by Gasteiger charge is -2.12. The van der Waals surface area contributed by atoms with Crippen molar-refractivity contribution in [3.8, 4) is 11.5 Å². The van der Waals surface area contributed by atoms with Crippen molar-refractivity contribution < 1.29 is 14.6 Å². The van der Waals surface area contributed by atoms with Crippen LogP contribution in [0.5, 0.6) is 11.5 Å². The molecule has 0 aliphatic carbocycles. The molecular formula is C19H20N2O4. The second kappa shape index (κ2) is 6.47. The largest absolute Gasteiger partial charge is 0.505 e. The molecule has 0 radical (unpaired) electrons. The number of ketones is 1. The molecule has 0 aliphatic rings. The lowest BCUT2D eigenvalue weighted by Crippen LogP contribution is -2.27. The van der Waals surface area contributed by atoms with E-state index < -0.39 is 0 Å². The number of benzene rings is 1. The van der Waals surface area contributed by atoms with Crippen molar-refractivity contribution in [3.05, 3.63) is 58.1 Å². The third-order valence-corrected chi connectivity index (χ3v) is 4.37. The van der Waals surface area contributed by atoms with Crippen LogP contribution in [-0.2, 0) is 20.0 Å². The molecule has 0 saturated carbocycles. The SMILES string of the molecule is CCc1cc2c(c(O)cn2C)c(=O)n1CC(=O)c1cccc(OC)c1. The zero-order valence-corrected chi connectivity index (χ0v) is 14.4. The number of nitrogens with zero attached hydrogens (tertiary/aromatic N) is 2. The maximum atomic E-state index is 12.8. The molecule has 0 unspecified atom stereocenters. The first-order valence-corrected chi connectivity index (χ1v) is 8.04. The standard InChI is InChI=1S/C19H20N2O4/c1-4-13-9-15-18(17(23)10-20(15)2)19(24)21(13)11-16(22)12-6-5-7-14(8-12)25-3/h5-10,23H,4,11H2,1-3H3. The fourth-order valence-electron chi connectivity index (χ4n) is 3.02. The van der Waals surface area contributed by atoms with E-state index >= 15 is 0 Å². The van der Waals surface area contributed by atoms with Crippen LogP contribution in [0.3, 0.4) is 0 Å². The predicted octanol–water partition coefficient (Wildman–Crippen LogP) is 2.50. The van der Waals surface area contributed by atoms with E-state index in [2.05, 4.69) is 0 Å². The molecule has 6 nitrogen and oxygen atoms in total. The van der Waals surface area contributed by atoms with Crippen molar-refractivity contribution in [1.29, 1.82) is 0 Å². The number of fused-ring (bicyclic) bond motifs is 1. The summed E-state index contributed by atoms with van der Waals surface area (Å²) in [7, 11) is 3.31. The molecule has 0 saturated heterocycles. The highest BCUT2D eigenvalue weighted by Crippen LogP contribution is 2.24. The van der Waals surface area contributed by atoms with E-state index in [0.29, 0.717) is 23.3 Å². The normalized spacial score (nSPS) is 11.0. The molecule has 25 heavy (non-hydrogen) atoms. The number of carbonyl (C=O) groups is 1. The molecule has 130 valence electrons. The Balaban J connectivity index is 2.08. The molecule has 0 spiro atoms. The molecule has 0 atom stereocenters. The minimum atomic E-state index is -0.358. The lowest BCUT2D eigenvalue weighted by atomic mass is 10.1. The van der Waals surface area contributed by atoms with Crippen LogP contribution < -0.4 is 10.3 Å². The Kier molecular flexibility index (Phi) is 4.35. The first-order chi connectivity index (χ1) is 12.0. The first kappa shape index (κ1) is 16.8. The molecule has 1 aromatic carbocycles. The Labute approximate surface area is 144 Å². The fourth-order valence-corrected chi connectivity index (χ4v) is 3.02. The minimum absolute atomic E-state index is 0.0762. The Morgan fingerprint density at radius 2 is 2.04 bits per heavy atom. The Morgan fingerprint density at radius 3 is 2.72 bits per heavy atom. The van der Waals surface area contributed by atoms with Gasteiger partial charge in [0.05, 0.1) is 19.2 Å². The van der Waals surface area contributed by atoms with E-state index in [0.717, 1.165) is 5.69 Å². The van der Waals surface area contributed by atoms with E-state index in [1.807, 2.05) is 13.0 Å². The molecule has 1 N–H and O–H groups in total. The van der Waals surface area contributed by atoms with Crippen molar-refractivity contribution >= 4 is 16.7 Å². The van der Waals surface area contributed by atoms with Gasteiger partial charge in [0.25, 0.3) is 5.56 Å². The number of Topliss-reactive ketones (excluding diaryl/α,β-unsaturated/α-hetero) is 1. The number of aromatic nitrogens is 2. The summed E-state index contributed by atoms with van der Waals surface area (Å²) < 4.78 is 8.29. The van der Waals surface area contributed by atoms with Crippen LogP contribution >= 0.6 is 0 Å². The van der Waals surface area contributed by atoms with Gasteiger partial charge in [-0.3, -0.25) is 9.59 Å². The van der Waals surface area contributed by atoms with Gasteiger partial charge in [0, 0.05) is 24.5 Å². The van der Waals surface area contributed by atoms with Crippen LogP contribution in [-0.4, -0.2) is 27.1 Å². The fraction of sp³-hybridized carbons (Fsp3) is 0.263. The molecule has 0 aliphatic heterocycles. The van der Waals surface area contributed by atoms with Crippen LogP contribution in [0.4, 0.5) is 0 Å². The van der Waals surface area contributed by atoms with Crippen molar-refractivity contribution in [1.82, 2.24) is 9.13 Å². The van der Waals surface area contributed by atoms with Gasteiger partial charge in [-0.1, -0.05) is 19.1 Å². The highest BCUT2D eigenvalue weighted by atomic mass is 16.5. The van der Waals surface area contributed by atoms with Gasteiger partial charge in [0.1, 0.15) is 16.9 Å². The lowest BCUT2D eigenvalue weighted by molar-refractivity contribution is 0.0969. The van der Waals surface area contributed by atoms with Gasteiger partial charge >= 0.3 is 0 Å². The van der Waals surface area contributed by atoms with Gasteiger partial charge in [-0.15, -0.1) is 0 Å². The molecular weight excluding hydrogens is 320 g/mol. The summed E-state index contributed by atoms with van der Waals surface area (Å²) in [6.45, 7) is 1.84. The van der Waals surface area contributed by atoms with E-state index in [9.17, 15) is 14.7 Å². The zero-order chi connectivity index (χ0) is 18.1. The second-order valence-corrected chi connectivity index (χ2v) is 5.92. The number of carbonyl (C=O) groups excluding carboxylic acids is 1. The zero-order valence-electron chi connectivity index (χ0n) is 14.4. The Bertz CT molecular complexity index is 1010. The van der Waals surface area contributed by atoms with Crippen molar-refractivity contribution in [2.75, 3.05) is 7.11 Å². The van der Waals surface area contributed by atoms with Crippen molar-refractivity contribution in [3.63, 3.8) is 0 Å². The number of ether oxygens (including phenoxy) is 1. The van der Waals surface area contributed by atoms with E-state index in [-0.39, 0.29) is 29.0 Å². The monoisotopic (exact) mass is 340 g/mol. The quantitative estimate of drug-likeness (QED) is 0.724. The van der Waals surface area contributed by atoms with Crippen LogP contribution in [0.15, 0.2) is 41.3 Å². The van der Waals surface area contributed by atoms with Gasteiger partial charge in [-0.05, 0) is 24.6 Å². The van der Waals surface area contributed by atoms with Crippen LogP contribution in [0.2, 0.25) is 0 Å². The summed E-state index contributed by atoms with van der Waals surface area (Å²) in [6.07, 6.45) is 2.10. The topological polar surface area (TPSA) is 73.5 Å². The Morgan fingerprint density at radius 1 is 1.28 bits per heavy atom. The Hall–Kier alpha value is -3.02. The number of hydrogen-bond donors (Lipinski definition) is 1. The molecule has 2 aromatic heterocycles. The molecule has 0 fully saturated rings. The summed E-state index contributed by atoms with van der Waals surface area (Å²) in [5, 5.41) is 10.3. The van der Waals surface area contributed by atoms with Crippen LogP contribution in [0.25, 0.3) is 10.9 Å². The van der Waals surface area contributed by atoms with Crippen molar-refractivity contribution in [2.45, 2.75) is 19.9 Å². The van der Waals surface area contributed by atoms with Gasteiger partial charge in [0.2, 0.25) is 0 Å². The van der Waals surface area contributed by atoms with E-state index in [4.69, 9.17) is 4.74 Å². The van der Waals surface area contributed by atoms with Gasteiger partial charge in [0.15, 0.2) is 5.78 Å². The van der Waals surface area contributed by atoms with Gasteiger partial charge in [-0.25, -0.2) is 0 Å². The number of pyridine rings is 1. The first-order valence-electron chi connectivity index (χ1n) is 8.04. The predicted molar refractivity (Wildman–Crippen MR) is 95.5 cm³/mol. The molecule has 3 rings (SSSR count). The summed E-state index contributed by atoms with van der Waals surface area (Å²) in [5.41, 5.74) is 1.52. The van der Waals surface area contributed by atoms with Crippen molar-refractivity contribution in [2.24, 2.45) is 7.05 Å². The number of aromatic hydroxyl groups is 1. The van der Waals surface area contributed by atoms with Gasteiger partial charge in [-0.2, -0.15) is 0 Å². The van der Waals surface area contributed by atoms with Gasteiger partial charge < -0.3 is 19.0 Å². The summed E-state index contributed by atoms with van der Waals surface area (Å²) in [4.78, 5) is 25.5. The second-order valence-electron chi connectivity index (χ2n) is 5.92. The highest BCUT2D eigenvalue weighted by Gasteiger charge is 2.17. The highest BCUT2D eigenvalue weighted by molar-refractivity contribution is 5.96. The molecule has 0 amide bonds. The van der Waals surface area contributed by atoms with Crippen LogP contribution in [0, 0.1) is 0 Å². The third-order valence-electron chi connectivity index (χ3n) is 4.37. The summed E-state index contributed by atoms with van der Waals surface area (Å²) in [5.74, 6) is 0.322. The number of hydrogen-bond acceptors (Lipinski definition) is 4. The maximum absolute atomic E-state index is 12.8.